The second-order valence-corrected chi connectivity index (χ2v) is 16.9. The van der Waals surface area contributed by atoms with Crippen molar-refractivity contribution in [1.82, 2.24) is 19.9 Å². The first-order valence-corrected chi connectivity index (χ1v) is 19.7. The van der Waals surface area contributed by atoms with E-state index in [1.165, 1.54) is 95.8 Å². The molecule has 2 saturated carbocycles. The Morgan fingerprint density at radius 1 is 0.702 bits per heavy atom. The van der Waals surface area contributed by atoms with Gasteiger partial charge in [-0.05, 0) is 112 Å². The van der Waals surface area contributed by atoms with E-state index in [9.17, 15) is 4.79 Å². The first-order chi connectivity index (χ1) is 22.7. The Balaban J connectivity index is 0.000000149. The molecule has 4 aliphatic rings. The maximum absolute atomic E-state index is 11.3. The number of Topliss-reactive ketones (excluding diaryl/α,β-unsaturated/α-hetero) is 1. The highest BCUT2D eigenvalue weighted by atomic mass is 32.1. The van der Waals surface area contributed by atoms with Gasteiger partial charge in [-0.3, -0.25) is 4.79 Å². The van der Waals surface area contributed by atoms with Crippen molar-refractivity contribution >= 4 is 60.5 Å². The predicted molar refractivity (Wildman–Crippen MR) is 198 cm³/mol. The SMILES string of the molecule is CC(C)CC1CCC(Nc2ncnc3sc4c(c23)CCC4)CC1.CC(C)N.O=C1CCC(Nc2ncnc3sc4c(c23)CCC4)CC1. The number of anilines is 2. The summed E-state index contributed by atoms with van der Waals surface area (Å²) in [6.07, 6.45) is 20.7. The van der Waals surface area contributed by atoms with Gasteiger partial charge in [-0.2, -0.15) is 0 Å². The van der Waals surface area contributed by atoms with E-state index in [1.807, 2.05) is 36.5 Å². The molecule has 4 aromatic rings. The molecule has 0 radical (unpaired) electrons. The predicted octanol–water partition coefficient (Wildman–Crippen LogP) is 8.65. The minimum absolute atomic E-state index is 0.333. The lowest BCUT2D eigenvalue weighted by atomic mass is 9.81. The molecular formula is C37H53N7OS2. The fourth-order valence-electron chi connectivity index (χ4n) is 7.76. The van der Waals surface area contributed by atoms with Crippen LogP contribution >= 0.6 is 22.7 Å². The molecule has 4 aromatic heterocycles. The summed E-state index contributed by atoms with van der Waals surface area (Å²) in [4.78, 5) is 34.7. The van der Waals surface area contributed by atoms with Gasteiger partial charge in [0.25, 0.3) is 0 Å². The molecule has 0 spiro atoms. The molecule has 0 aliphatic heterocycles. The van der Waals surface area contributed by atoms with Crippen LogP contribution in [0.4, 0.5) is 11.6 Å². The Kier molecular flexibility index (Phi) is 11.4. The van der Waals surface area contributed by atoms with Gasteiger partial charge in [0.1, 0.15) is 39.7 Å². The number of nitrogens with two attached hydrogens (primary N) is 1. The van der Waals surface area contributed by atoms with Gasteiger partial charge in [-0.1, -0.05) is 27.7 Å². The minimum atomic E-state index is 0.333. The lowest BCUT2D eigenvalue weighted by Gasteiger charge is -2.30. The summed E-state index contributed by atoms with van der Waals surface area (Å²) in [6.45, 7) is 8.58. The number of rotatable bonds is 6. The highest BCUT2D eigenvalue weighted by Gasteiger charge is 2.26. The highest BCUT2D eigenvalue weighted by Crippen LogP contribution is 2.41. The molecule has 8 rings (SSSR count). The van der Waals surface area contributed by atoms with Crippen LogP contribution in [-0.4, -0.2) is 43.8 Å². The normalized spacial score (nSPS) is 21.0. The largest absolute Gasteiger partial charge is 0.367 e. The Morgan fingerprint density at radius 3 is 1.64 bits per heavy atom. The molecular weight excluding hydrogens is 623 g/mol. The molecule has 0 amide bonds. The van der Waals surface area contributed by atoms with E-state index >= 15 is 0 Å². The van der Waals surface area contributed by atoms with Crippen molar-refractivity contribution < 1.29 is 4.79 Å². The molecule has 0 saturated heterocycles. The van der Waals surface area contributed by atoms with Gasteiger partial charge in [0, 0.05) is 34.7 Å². The number of hydrogen-bond donors (Lipinski definition) is 3. The summed E-state index contributed by atoms with van der Waals surface area (Å²) >= 11 is 3.70. The third-order valence-corrected chi connectivity index (χ3v) is 12.3. The van der Waals surface area contributed by atoms with Gasteiger partial charge in [0.05, 0.1) is 10.8 Å². The second kappa shape index (κ2) is 15.7. The second-order valence-electron chi connectivity index (χ2n) is 14.7. The summed E-state index contributed by atoms with van der Waals surface area (Å²) in [5.41, 5.74) is 8.10. The number of aromatic nitrogens is 4. The number of nitrogens with one attached hydrogen (secondary N) is 2. The zero-order chi connectivity index (χ0) is 32.9. The smallest absolute Gasteiger partial charge is 0.138 e. The quantitative estimate of drug-likeness (QED) is 0.186. The van der Waals surface area contributed by atoms with E-state index in [0.29, 0.717) is 36.8 Å². The number of hydrogen-bond acceptors (Lipinski definition) is 10. The van der Waals surface area contributed by atoms with Crippen LogP contribution in [0.1, 0.15) is 119 Å². The van der Waals surface area contributed by atoms with Crippen molar-refractivity contribution in [1.29, 1.82) is 0 Å². The van der Waals surface area contributed by atoms with Crippen molar-refractivity contribution in [3.05, 3.63) is 33.5 Å². The fourth-order valence-corrected chi connectivity index (χ4v) is 10.2. The lowest BCUT2D eigenvalue weighted by Crippen LogP contribution is -2.27. The average molecular weight is 676 g/mol. The van der Waals surface area contributed by atoms with E-state index in [4.69, 9.17) is 5.73 Å². The van der Waals surface area contributed by atoms with Crippen molar-refractivity contribution in [3.8, 4) is 0 Å². The zero-order valence-corrected chi connectivity index (χ0v) is 30.4. The molecule has 47 heavy (non-hydrogen) atoms. The molecule has 0 bridgehead atoms. The molecule has 2 fully saturated rings. The Bertz CT molecular complexity index is 1640. The van der Waals surface area contributed by atoms with Crippen LogP contribution < -0.4 is 16.4 Å². The molecule has 10 heteroatoms. The first-order valence-electron chi connectivity index (χ1n) is 18.1. The minimum Gasteiger partial charge on any atom is -0.367 e. The number of nitrogens with zero attached hydrogens (tertiary/aromatic N) is 4. The number of carbonyl (C=O) groups excluding carboxylic acids is 1. The van der Waals surface area contributed by atoms with Crippen molar-refractivity contribution in [2.75, 3.05) is 10.6 Å². The first kappa shape index (κ1) is 34.2. The van der Waals surface area contributed by atoms with Gasteiger partial charge in [-0.25, -0.2) is 19.9 Å². The molecule has 4 heterocycles. The number of fused-ring (bicyclic) bond motifs is 6. The molecule has 0 aromatic carbocycles. The third-order valence-electron chi connectivity index (χ3n) is 9.88. The summed E-state index contributed by atoms with van der Waals surface area (Å²) in [5.74, 6) is 4.24. The van der Waals surface area contributed by atoms with Gasteiger partial charge >= 0.3 is 0 Å². The summed E-state index contributed by atoms with van der Waals surface area (Å²) in [7, 11) is 0. The number of thiophene rings is 2. The van der Waals surface area contributed by atoms with E-state index in [0.717, 1.165) is 47.6 Å². The fraction of sp³-hybridized carbons (Fsp3) is 0.649. The summed E-state index contributed by atoms with van der Waals surface area (Å²) in [6, 6.07) is 1.30. The Labute approximate surface area is 288 Å². The van der Waals surface area contributed by atoms with E-state index < -0.39 is 0 Å². The molecule has 4 aliphatic carbocycles. The van der Waals surface area contributed by atoms with Crippen LogP contribution in [0.5, 0.6) is 0 Å². The van der Waals surface area contributed by atoms with E-state index in [2.05, 4.69) is 44.4 Å². The van der Waals surface area contributed by atoms with Crippen LogP contribution in [0.25, 0.3) is 20.4 Å². The molecule has 8 nitrogen and oxygen atoms in total. The number of carbonyl (C=O) groups is 1. The Hall–Kier alpha value is -2.69. The molecule has 4 N–H and O–H groups in total. The number of ketones is 1. The van der Waals surface area contributed by atoms with Gasteiger partial charge < -0.3 is 16.4 Å². The van der Waals surface area contributed by atoms with Gasteiger partial charge in [-0.15, -0.1) is 22.7 Å². The maximum Gasteiger partial charge on any atom is 0.138 e. The Morgan fingerprint density at radius 2 is 1.17 bits per heavy atom. The van der Waals surface area contributed by atoms with Crippen molar-refractivity contribution in [2.24, 2.45) is 17.6 Å². The highest BCUT2D eigenvalue weighted by molar-refractivity contribution is 7.19. The van der Waals surface area contributed by atoms with Gasteiger partial charge in [0.2, 0.25) is 0 Å². The van der Waals surface area contributed by atoms with Crippen LogP contribution in [-0.2, 0) is 30.5 Å². The van der Waals surface area contributed by atoms with E-state index in [-0.39, 0.29) is 0 Å². The average Bonchev–Trinajstić information content (AvgIpc) is 3.81. The number of aryl methyl sites for hydroxylation is 4. The van der Waals surface area contributed by atoms with Crippen molar-refractivity contribution in [2.45, 2.75) is 142 Å². The molecule has 0 unspecified atom stereocenters. The van der Waals surface area contributed by atoms with Gasteiger partial charge in [0.15, 0.2) is 0 Å². The summed E-state index contributed by atoms with van der Waals surface area (Å²) in [5, 5.41) is 9.90. The molecule has 0 atom stereocenters. The maximum atomic E-state index is 11.3. The van der Waals surface area contributed by atoms with E-state index in [1.54, 1.807) is 17.5 Å². The van der Waals surface area contributed by atoms with Crippen LogP contribution in [0.15, 0.2) is 12.7 Å². The van der Waals surface area contributed by atoms with Crippen LogP contribution in [0, 0.1) is 11.8 Å². The molecule has 254 valence electrons. The topological polar surface area (TPSA) is 119 Å². The standard InChI is InChI=1S/C19H27N3S.C15H17N3OS.C3H9N/c1-12(2)10-13-6-8-14(9-7-13)22-18-17-15-4-3-5-16(15)23-19(17)21-11-20-18;19-10-6-4-9(5-7-10)18-14-13-11-2-1-3-12(11)20-15(13)17-8-16-14;1-3(2)4/h11-14H,3-10H2,1-2H3,(H,20,21,22);8-9H,1-7H2,(H,16,17,18);3H,4H2,1-2H3. The van der Waals surface area contributed by atoms with Crippen LogP contribution in [0.3, 0.4) is 0 Å². The zero-order valence-electron chi connectivity index (χ0n) is 28.7. The summed E-state index contributed by atoms with van der Waals surface area (Å²) < 4.78 is 0. The third kappa shape index (κ3) is 8.49. The monoisotopic (exact) mass is 675 g/mol. The lowest BCUT2D eigenvalue weighted by molar-refractivity contribution is -0.120. The van der Waals surface area contributed by atoms with Crippen molar-refractivity contribution in [3.63, 3.8) is 0 Å². The van der Waals surface area contributed by atoms with Crippen LogP contribution in [0.2, 0.25) is 0 Å².